The van der Waals surface area contributed by atoms with E-state index < -0.39 is 0 Å². The molecule has 96 valence electrons. The number of rotatable bonds is 5. The van der Waals surface area contributed by atoms with Gasteiger partial charge in [-0.05, 0) is 26.2 Å². The number of aromatic nitrogens is 2. The van der Waals surface area contributed by atoms with Crippen LogP contribution in [-0.4, -0.2) is 29.6 Å². The lowest BCUT2D eigenvalue weighted by Gasteiger charge is -2.35. The van der Waals surface area contributed by atoms with Gasteiger partial charge in [0, 0.05) is 25.7 Å². The summed E-state index contributed by atoms with van der Waals surface area (Å²) in [4.78, 5) is 11.0. The quantitative estimate of drug-likeness (QED) is 0.805. The van der Waals surface area contributed by atoms with Crippen molar-refractivity contribution in [3.05, 3.63) is 11.9 Å². The van der Waals surface area contributed by atoms with Crippen molar-refractivity contribution in [3.8, 4) is 6.07 Å². The molecule has 18 heavy (non-hydrogen) atoms. The number of nitriles is 1. The predicted octanol–water partition coefficient (Wildman–Crippen LogP) is 2.10. The van der Waals surface area contributed by atoms with Gasteiger partial charge < -0.3 is 10.2 Å². The number of hydrogen-bond acceptors (Lipinski definition) is 5. The zero-order chi connectivity index (χ0) is 13.0. The first kappa shape index (κ1) is 12.6. The topological polar surface area (TPSA) is 64.8 Å². The van der Waals surface area contributed by atoms with Crippen LogP contribution in [0, 0.1) is 18.3 Å². The van der Waals surface area contributed by atoms with Crippen molar-refractivity contribution in [2.75, 3.05) is 23.8 Å². The summed E-state index contributed by atoms with van der Waals surface area (Å²) in [6.07, 6.45) is 4.29. The third kappa shape index (κ3) is 2.89. The fraction of sp³-hybridized carbons (Fsp3) is 0.615. The van der Waals surface area contributed by atoms with Gasteiger partial charge in [-0.15, -0.1) is 0 Å². The Kier molecular flexibility index (Phi) is 3.98. The first-order valence-corrected chi connectivity index (χ1v) is 6.40. The monoisotopic (exact) mass is 245 g/mol. The van der Waals surface area contributed by atoms with Gasteiger partial charge in [0.25, 0.3) is 0 Å². The van der Waals surface area contributed by atoms with Crippen LogP contribution in [0.2, 0.25) is 0 Å². The summed E-state index contributed by atoms with van der Waals surface area (Å²) >= 11 is 0. The van der Waals surface area contributed by atoms with Crippen molar-refractivity contribution in [2.24, 2.45) is 0 Å². The molecule has 0 unspecified atom stereocenters. The van der Waals surface area contributed by atoms with Gasteiger partial charge in [0.15, 0.2) is 0 Å². The van der Waals surface area contributed by atoms with Crippen LogP contribution in [0.3, 0.4) is 0 Å². The lowest BCUT2D eigenvalue weighted by atomic mass is 9.92. The SMILES string of the molecule is Cc1nc(NCCC#N)cc(N(C)C2CCC2)n1. The molecule has 1 aliphatic carbocycles. The van der Waals surface area contributed by atoms with Crippen LogP contribution in [0.25, 0.3) is 0 Å². The van der Waals surface area contributed by atoms with Gasteiger partial charge >= 0.3 is 0 Å². The lowest BCUT2D eigenvalue weighted by molar-refractivity contribution is 0.399. The number of hydrogen-bond donors (Lipinski definition) is 1. The van der Waals surface area contributed by atoms with Crippen LogP contribution in [0.5, 0.6) is 0 Å². The molecule has 1 fully saturated rings. The zero-order valence-electron chi connectivity index (χ0n) is 11.0. The minimum absolute atomic E-state index is 0.483. The van der Waals surface area contributed by atoms with Crippen molar-refractivity contribution in [1.29, 1.82) is 5.26 Å². The summed E-state index contributed by atoms with van der Waals surface area (Å²) in [5.41, 5.74) is 0. The third-order valence-corrected chi connectivity index (χ3v) is 3.35. The minimum Gasteiger partial charge on any atom is -0.369 e. The molecule has 2 rings (SSSR count). The molecular formula is C13H19N5. The Morgan fingerprint density at radius 1 is 1.50 bits per heavy atom. The maximum atomic E-state index is 8.52. The lowest BCUT2D eigenvalue weighted by Crippen LogP contribution is -2.37. The van der Waals surface area contributed by atoms with Gasteiger partial charge in [-0.3, -0.25) is 0 Å². The largest absolute Gasteiger partial charge is 0.369 e. The highest BCUT2D eigenvalue weighted by Gasteiger charge is 2.23. The highest BCUT2D eigenvalue weighted by molar-refractivity contribution is 5.49. The molecule has 0 aliphatic heterocycles. The van der Waals surface area contributed by atoms with E-state index in [1.165, 1.54) is 19.3 Å². The van der Waals surface area contributed by atoms with Crippen molar-refractivity contribution >= 4 is 11.6 Å². The Labute approximate surface area is 108 Å². The zero-order valence-corrected chi connectivity index (χ0v) is 11.0. The maximum Gasteiger partial charge on any atom is 0.134 e. The number of aryl methyl sites for hydroxylation is 1. The van der Waals surface area contributed by atoms with Gasteiger partial charge in [0.1, 0.15) is 17.5 Å². The molecular weight excluding hydrogens is 226 g/mol. The summed E-state index contributed by atoms with van der Waals surface area (Å²) in [7, 11) is 2.09. The molecule has 5 heteroatoms. The molecule has 0 amide bonds. The highest BCUT2D eigenvalue weighted by Crippen LogP contribution is 2.27. The van der Waals surface area contributed by atoms with E-state index in [-0.39, 0.29) is 0 Å². The summed E-state index contributed by atoms with van der Waals surface area (Å²) < 4.78 is 0. The summed E-state index contributed by atoms with van der Waals surface area (Å²) in [5.74, 6) is 2.53. The molecule has 0 saturated heterocycles. The van der Waals surface area contributed by atoms with Crippen LogP contribution in [-0.2, 0) is 0 Å². The van der Waals surface area contributed by atoms with Crippen molar-refractivity contribution < 1.29 is 0 Å². The fourth-order valence-electron chi connectivity index (χ4n) is 2.03. The second-order valence-electron chi connectivity index (χ2n) is 4.69. The van der Waals surface area contributed by atoms with Gasteiger partial charge in [-0.1, -0.05) is 0 Å². The van der Waals surface area contributed by atoms with E-state index in [0.717, 1.165) is 17.5 Å². The van der Waals surface area contributed by atoms with Crippen LogP contribution < -0.4 is 10.2 Å². The molecule has 0 bridgehead atoms. The summed E-state index contributed by atoms with van der Waals surface area (Å²) in [5, 5.41) is 11.7. The van der Waals surface area contributed by atoms with E-state index >= 15 is 0 Å². The normalized spacial score (nSPS) is 14.7. The molecule has 1 aromatic heterocycles. The molecule has 0 aromatic carbocycles. The standard InChI is InChI=1S/C13H19N5/c1-10-16-12(15-8-4-7-14)9-13(17-10)18(2)11-5-3-6-11/h9,11H,3-6,8H2,1-2H3,(H,15,16,17). The van der Waals surface area contributed by atoms with Crippen molar-refractivity contribution in [3.63, 3.8) is 0 Å². The molecule has 1 aromatic rings. The van der Waals surface area contributed by atoms with Crippen molar-refractivity contribution in [2.45, 2.75) is 38.6 Å². The second kappa shape index (κ2) is 5.67. The van der Waals surface area contributed by atoms with Gasteiger partial charge in [0.2, 0.25) is 0 Å². The third-order valence-electron chi connectivity index (χ3n) is 3.35. The minimum atomic E-state index is 0.483. The first-order chi connectivity index (χ1) is 8.70. The molecule has 0 atom stereocenters. The van der Waals surface area contributed by atoms with Gasteiger partial charge in [-0.2, -0.15) is 5.26 Å². The summed E-state index contributed by atoms with van der Waals surface area (Å²) in [6.45, 7) is 2.52. The van der Waals surface area contributed by atoms with Crippen LogP contribution in [0.1, 0.15) is 31.5 Å². The van der Waals surface area contributed by atoms with Crippen molar-refractivity contribution in [1.82, 2.24) is 9.97 Å². The van der Waals surface area contributed by atoms with E-state index in [2.05, 4.69) is 33.3 Å². The second-order valence-corrected chi connectivity index (χ2v) is 4.69. The Balaban J connectivity index is 2.07. The Bertz CT molecular complexity index is 447. The van der Waals surface area contributed by atoms with E-state index in [0.29, 0.717) is 19.0 Å². The predicted molar refractivity (Wildman–Crippen MR) is 71.5 cm³/mol. The molecule has 5 nitrogen and oxygen atoms in total. The number of nitrogens with one attached hydrogen (secondary N) is 1. The van der Waals surface area contributed by atoms with Crippen LogP contribution in [0.15, 0.2) is 6.07 Å². The molecule has 0 radical (unpaired) electrons. The van der Waals surface area contributed by atoms with Gasteiger partial charge in [0.05, 0.1) is 12.5 Å². The highest BCUT2D eigenvalue weighted by atomic mass is 15.2. The van der Waals surface area contributed by atoms with E-state index in [9.17, 15) is 0 Å². The average molecular weight is 245 g/mol. The Morgan fingerprint density at radius 3 is 2.89 bits per heavy atom. The summed E-state index contributed by atoms with van der Waals surface area (Å²) in [6, 6.07) is 4.69. The maximum absolute atomic E-state index is 8.52. The van der Waals surface area contributed by atoms with E-state index in [4.69, 9.17) is 5.26 Å². The van der Waals surface area contributed by atoms with E-state index in [1.807, 2.05) is 13.0 Å². The average Bonchev–Trinajstić information content (AvgIpc) is 2.26. The molecule has 1 heterocycles. The van der Waals surface area contributed by atoms with Gasteiger partial charge in [-0.25, -0.2) is 9.97 Å². The number of anilines is 2. The molecule has 0 spiro atoms. The Hall–Kier alpha value is -1.83. The molecule has 1 N–H and O–H groups in total. The van der Waals surface area contributed by atoms with Crippen LogP contribution in [0.4, 0.5) is 11.6 Å². The molecule has 1 saturated carbocycles. The number of nitrogens with zero attached hydrogens (tertiary/aromatic N) is 4. The van der Waals surface area contributed by atoms with Crippen LogP contribution >= 0.6 is 0 Å². The first-order valence-electron chi connectivity index (χ1n) is 6.40. The Morgan fingerprint density at radius 2 is 2.28 bits per heavy atom. The molecule has 1 aliphatic rings. The van der Waals surface area contributed by atoms with E-state index in [1.54, 1.807) is 0 Å². The fourth-order valence-corrected chi connectivity index (χ4v) is 2.03. The smallest absolute Gasteiger partial charge is 0.134 e.